The Balaban J connectivity index is 1.76. The summed E-state index contributed by atoms with van der Waals surface area (Å²) in [6, 6.07) is 12.1. The van der Waals surface area contributed by atoms with Crippen molar-refractivity contribution < 1.29 is 0 Å². The molecule has 1 heteroatoms. The molecule has 1 aliphatic rings. The van der Waals surface area contributed by atoms with E-state index in [0.717, 1.165) is 18.4 Å². The van der Waals surface area contributed by atoms with Gasteiger partial charge in [-0.2, -0.15) is 0 Å². The molecule has 1 nitrogen and oxygen atoms in total. The van der Waals surface area contributed by atoms with Gasteiger partial charge in [0.2, 0.25) is 0 Å². The third kappa shape index (κ3) is 4.16. The van der Waals surface area contributed by atoms with Gasteiger partial charge in [0.1, 0.15) is 0 Å². The minimum absolute atomic E-state index is 0.593. The summed E-state index contributed by atoms with van der Waals surface area (Å²) in [5.74, 6) is 0.942. The molecule has 1 saturated carbocycles. The Bertz CT molecular complexity index is 312. The zero-order valence-electron chi connectivity index (χ0n) is 11.2. The van der Waals surface area contributed by atoms with Crippen LogP contribution in [0.4, 0.5) is 0 Å². The van der Waals surface area contributed by atoms with Gasteiger partial charge in [-0.1, -0.05) is 37.3 Å². The third-order valence-corrected chi connectivity index (χ3v) is 3.92. The summed E-state index contributed by atoms with van der Waals surface area (Å²) in [5.41, 5.74) is 1.44. The lowest BCUT2D eigenvalue weighted by atomic mass is 9.87. The van der Waals surface area contributed by atoms with E-state index < -0.39 is 0 Å². The van der Waals surface area contributed by atoms with E-state index in [9.17, 15) is 0 Å². The Labute approximate surface area is 106 Å². The lowest BCUT2D eigenvalue weighted by Crippen LogP contribution is -2.39. The first-order valence-corrected chi connectivity index (χ1v) is 7.04. The molecule has 1 aromatic rings. The number of benzene rings is 1. The topological polar surface area (TPSA) is 12.0 Å². The van der Waals surface area contributed by atoms with E-state index in [1.807, 2.05) is 0 Å². The van der Waals surface area contributed by atoms with Crippen LogP contribution in [0.2, 0.25) is 0 Å². The second-order valence-corrected chi connectivity index (χ2v) is 5.71. The second-order valence-electron chi connectivity index (χ2n) is 5.71. The Hall–Kier alpha value is -0.820. The largest absolute Gasteiger partial charge is 0.311 e. The average molecular weight is 231 g/mol. The van der Waals surface area contributed by atoms with Gasteiger partial charge in [-0.3, -0.25) is 0 Å². The second kappa shape index (κ2) is 6.20. The highest BCUT2D eigenvalue weighted by atomic mass is 14.9. The van der Waals surface area contributed by atoms with Gasteiger partial charge in [0.25, 0.3) is 0 Å². The lowest BCUT2D eigenvalue weighted by Gasteiger charge is -2.29. The summed E-state index contributed by atoms with van der Waals surface area (Å²) >= 11 is 0. The van der Waals surface area contributed by atoms with Crippen molar-refractivity contribution in [1.82, 2.24) is 5.32 Å². The first-order chi connectivity index (χ1) is 8.24. The zero-order chi connectivity index (χ0) is 12.1. The minimum Gasteiger partial charge on any atom is -0.311 e. The van der Waals surface area contributed by atoms with Crippen LogP contribution < -0.4 is 5.32 Å². The SMILES string of the molecule is CC1CCC(NC(C)Cc2ccccc2)CC1. The summed E-state index contributed by atoms with van der Waals surface area (Å²) in [6.45, 7) is 4.69. The molecule has 0 spiro atoms. The van der Waals surface area contributed by atoms with Crippen LogP contribution >= 0.6 is 0 Å². The summed E-state index contributed by atoms with van der Waals surface area (Å²) < 4.78 is 0. The molecule has 2 rings (SSSR count). The van der Waals surface area contributed by atoms with Crippen molar-refractivity contribution in [3.63, 3.8) is 0 Å². The number of hydrogen-bond acceptors (Lipinski definition) is 1. The van der Waals surface area contributed by atoms with Gasteiger partial charge in [-0.05, 0) is 50.5 Å². The van der Waals surface area contributed by atoms with Crippen molar-refractivity contribution in [3.05, 3.63) is 35.9 Å². The molecule has 1 unspecified atom stereocenters. The maximum atomic E-state index is 3.79. The fourth-order valence-electron chi connectivity index (χ4n) is 2.86. The van der Waals surface area contributed by atoms with Crippen LogP contribution in [0.1, 0.15) is 45.1 Å². The van der Waals surface area contributed by atoms with Gasteiger partial charge in [0, 0.05) is 12.1 Å². The van der Waals surface area contributed by atoms with E-state index in [4.69, 9.17) is 0 Å². The van der Waals surface area contributed by atoms with E-state index in [0.29, 0.717) is 6.04 Å². The molecule has 0 aromatic heterocycles. The quantitative estimate of drug-likeness (QED) is 0.831. The van der Waals surface area contributed by atoms with Gasteiger partial charge in [0.15, 0.2) is 0 Å². The maximum Gasteiger partial charge on any atom is 0.00817 e. The van der Waals surface area contributed by atoms with Crippen LogP contribution in [0.3, 0.4) is 0 Å². The molecule has 0 radical (unpaired) electrons. The molecule has 1 fully saturated rings. The monoisotopic (exact) mass is 231 g/mol. The molecular formula is C16H25N. The van der Waals surface area contributed by atoms with E-state index in [-0.39, 0.29) is 0 Å². The number of rotatable bonds is 4. The predicted octanol–water partition coefficient (Wildman–Crippen LogP) is 3.79. The molecule has 0 saturated heterocycles. The first kappa shape index (κ1) is 12.6. The van der Waals surface area contributed by atoms with Crippen molar-refractivity contribution in [2.45, 2.75) is 58.0 Å². The third-order valence-electron chi connectivity index (χ3n) is 3.92. The molecule has 0 heterocycles. The van der Waals surface area contributed by atoms with Gasteiger partial charge < -0.3 is 5.32 Å². The minimum atomic E-state index is 0.593. The van der Waals surface area contributed by atoms with Crippen molar-refractivity contribution in [1.29, 1.82) is 0 Å². The highest BCUT2D eigenvalue weighted by molar-refractivity contribution is 5.15. The standard InChI is InChI=1S/C16H25N/c1-13-8-10-16(11-9-13)17-14(2)12-15-6-4-3-5-7-15/h3-7,13-14,16-17H,8-12H2,1-2H3. The molecule has 1 aromatic carbocycles. The molecule has 94 valence electrons. The van der Waals surface area contributed by atoms with E-state index >= 15 is 0 Å². The van der Waals surface area contributed by atoms with Crippen LogP contribution in [0.25, 0.3) is 0 Å². The molecule has 0 bridgehead atoms. The molecule has 1 aliphatic carbocycles. The summed E-state index contributed by atoms with van der Waals surface area (Å²) in [5, 5.41) is 3.79. The molecule has 1 N–H and O–H groups in total. The maximum absolute atomic E-state index is 3.79. The van der Waals surface area contributed by atoms with E-state index in [2.05, 4.69) is 49.5 Å². The fourth-order valence-corrected chi connectivity index (χ4v) is 2.86. The van der Waals surface area contributed by atoms with Crippen molar-refractivity contribution in [2.24, 2.45) is 5.92 Å². The highest BCUT2D eigenvalue weighted by Gasteiger charge is 2.19. The summed E-state index contributed by atoms with van der Waals surface area (Å²) in [7, 11) is 0. The average Bonchev–Trinajstić information content (AvgIpc) is 2.33. The zero-order valence-corrected chi connectivity index (χ0v) is 11.2. The van der Waals surface area contributed by atoms with Crippen LogP contribution in [-0.4, -0.2) is 12.1 Å². The Kier molecular flexibility index (Phi) is 4.61. The fraction of sp³-hybridized carbons (Fsp3) is 0.625. The van der Waals surface area contributed by atoms with Crippen LogP contribution in [0, 0.1) is 5.92 Å². The lowest BCUT2D eigenvalue weighted by molar-refractivity contribution is 0.290. The summed E-state index contributed by atoms with van der Waals surface area (Å²) in [4.78, 5) is 0. The van der Waals surface area contributed by atoms with Crippen LogP contribution in [0.5, 0.6) is 0 Å². The molecule has 0 aliphatic heterocycles. The van der Waals surface area contributed by atoms with Gasteiger partial charge >= 0.3 is 0 Å². The Morgan fingerprint density at radius 3 is 2.41 bits per heavy atom. The molecular weight excluding hydrogens is 206 g/mol. The van der Waals surface area contributed by atoms with E-state index in [1.165, 1.54) is 31.2 Å². The summed E-state index contributed by atoms with van der Waals surface area (Å²) in [6.07, 6.45) is 6.67. The van der Waals surface area contributed by atoms with Crippen molar-refractivity contribution >= 4 is 0 Å². The predicted molar refractivity (Wildman–Crippen MR) is 74.2 cm³/mol. The molecule has 17 heavy (non-hydrogen) atoms. The molecule has 1 atom stereocenters. The van der Waals surface area contributed by atoms with Crippen LogP contribution in [-0.2, 0) is 6.42 Å². The van der Waals surface area contributed by atoms with Crippen molar-refractivity contribution in [3.8, 4) is 0 Å². The molecule has 0 amide bonds. The number of nitrogens with one attached hydrogen (secondary N) is 1. The van der Waals surface area contributed by atoms with Gasteiger partial charge in [-0.25, -0.2) is 0 Å². The smallest absolute Gasteiger partial charge is 0.00817 e. The van der Waals surface area contributed by atoms with Crippen molar-refractivity contribution in [2.75, 3.05) is 0 Å². The van der Waals surface area contributed by atoms with E-state index in [1.54, 1.807) is 0 Å². The van der Waals surface area contributed by atoms with Gasteiger partial charge in [-0.15, -0.1) is 0 Å². The first-order valence-electron chi connectivity index (χ1n) is 7.04. The van der Waals surface area contributed by atoms with Gasteiger partial charge in [0.05, 0.1) is 0 Å². The highest BCUT2D eigenvalue weighted by Crippen LogP contribution is 2.23. The number of hydrogen-bond donors (Lipinski definition) is 1. The Morgan fingerprint density at radius 2 is 1.76 bits per heavy atom. The Morgan fingerprint density at radius 1 is 1.12 bits per heavy atom. The van der Waals surface area contributed by atoms with Crippen LogP contribution in [0.15, 0.2) is 30.3 Å². The normalized spacial score (nSPS) is 26.7.